The van der Waals surface area contributed by atoms with Gasteiger partial charge in [-0.05, 0) is 18.9 Å². The maximum absolute atomic E-state index is 12.2. The number of benzene rings is 1. The Morgan fingerprint density at radius 1 is 1.40 bits per heavy atom. The topological polar surface area (TPSA) is 75.2 Å². The molecule has 0 saturated carbocycles. The average Bonchev–Trinajstić information content (AvgIpc) is 2.94. The molecule has 0 spiro atoms. The molecule has 1 aliphatic heterocycles. The first kappa shape index (κ1) is 13.3. The van der Waals surface area contributed by atoms with Crippen LogP contribution in [0.4, 0.5) is 0 Å². The van der Waals surface area contributed by atoms with Gasteiger partial charge in [-0.25, -0.2) is 0 Å². The van der Waals surface area contributed by atoms with Crippen LogP contribution in [-0.2, 0) is 4.74 Å². The number of H-pyrrole nitrogens is 1. The molecule has 3 rings (SSSR count). The van der Waals surface area contributed by atoms with Crippen molar-refractivity contribution >= 4 is 15.9 Å². The van der Waals surface area contributed by atoms with Gasteiger partial charge in [-0.3, -0.25) is 4.79 Å². The maximum atomic E-state index is 12.2. The molecule has 1 aromatic heterocycles. The third kappa shape index (κ3) is 2.36. The van der Waals surface area contributed by atoms with Crippen molar-refractivity contribution in [2.75, 3.05) is 6.61 Å². The number of ether oxygens (including phenoxy) is 1. The fraction of sp³-hybridized carbons (Fsp3) is 0.286. The lowest BCUT2D eigenvalue weighted by Crippen LogP contribution is -2.16. The second-order valence-electron chi connectivity index (χ2n) is 4.63. The Bertz CT molecular complexity index is 693. The molecule has 1 aromatic carbocycles. The molecule has 2 aromatic rings. The maximum Gasteiger partial charge on any atom is 0.262 e. The Balaban J connectivity index is 2.10. The number of nitrogens with zero attached hydrogens (tertiary/aromatic N) is 1. The van der Waals surface area contributed by atoms with Crippen LogP contribution in [0.25, 0.3) is 11.1 Å². The number of aromatic hydroxyl groups is 1. The van der Waals surface area contributed by atoms with Crippen molar-refractivity contribution in [1.82, 2.24) is 9.97 Å². The summed E-state index contributed by atoms with van der Waals surface area (Å²) >= 11 is 3.37. The molecule has 0 amide bonds. The van der Waals surface area contributed by atoms with Crippen LogP contribution in [0.3, 0.4) is 0 Å². The third-order valence-corrected chi connectivity index (χ3v) is 3.99. The van der Waals surface area contributed by atoms with E-state index in [9.17, 15) is 9.90 Å². The summed E-state index contributed by atoms with van der Waals surface area (Å²) in [5.74, 6) is 0.118. The molecule has 1 saturated heterocycles. The second-order valence-corrected chi connectivity index (χ2v) is 5.49. The van der Waals surface area contributed by atoms with Gasteiger partial charge in [-0.2, -0.15) is 4.98 Å². The van der Waals surface area contributed by atoms with Crippen molar-refractivity contribution in [2.45, 2.75) is 18.9 Å². The van der Waals surface area contributed by atoms with Crippen molar-refractivity contribution in [3.05, 3.63) is 44.9 Å². The predicted molar refractivity (Wildman–Crippen MR) is 77.6 cm³/mol. The van der Waals surface area contributed by atoms with E-state index in [-0.39, 0.29) is 23.1 Å². The molecular weight excluding hydrogens is 324 g/mol. The minimum absolute atomic E-state index is 0.166. The Labute approximate surface area is 123 Å². The minimum Gasteiger partial charge on any atom is -0.493 e. The van der Waals surface area contributed by atoms with E-state index in [0.29, 0.717) is 18.0 Å². The highest BCUT2D eigenvalue weighted by atomic mass is 79.9. The van der Waals surface area contributed by atoms with E-state index < -0.39 is 0 Å². The smallest absolute Gasteiger partial charge is 0.262 e. The summed E-state index contributed by atoms with van der Waals surface area (Å²) in [6.45, 7) is 0.654. The van der Waals surface area contributed by atoms with Crippen LogP contribution in [0.1, 0.15) is 24.8 Å². The molecular formula is C14H13BrN2O3. The van der Waals surface area contributed by atoms with E-state index in [0.717, 1.165) is 17.3 Å². The fourth-order valence-corrected chi connectivity index (χ4v) is 2.81. The van der Waals surface area contributed by atoms with E-state index >= 15 is 0 Å². The molecule has 2 heterocycles. The van der Waals surface area contributed by atoms with Crippen molar-refractivity contribution in [2.24, 2.45) is 0 Å². The van der Waals surface area contributed by atoms with E-state index in [1.165, 1.54) is 0 Å². The Kier molecular flexibility index (Phi) is 3.58. The van der Waals surface area contributed by atoms with Crippen LogP contribution < -0.4 is 5.56 Å². The summed E-state index contributed by atoms with van der Waals surface area (Å²) in [6, 6.07) is 7.20. The number of rotatable bonds is 2. The fourth-order valence-electron chi connectivity index (χ4n) is 2.33. The molecule has 20 heavy (non-hydrogen) atoms. The SMILES string of the molecule is O=c1[nH]c(C2CCCO2)nc(O)c1-c1ccccc1Br. The number of hydrogen-bond acceptors (Lipinski definition) is 4. The van der Waals surface area contributed by atoms with Gasteiger partial charge in [-0.15, -0.1) is 0 Å². The highest BCUT2D eigenvalue weighted by Crippen LogP contribution is 2.32. The molecule has 1 unspecified atom stereocenters. The predicted octanol–water partition coefficient (Wildman–Crippen LogP) is 2.76. The van der Waals surface area contributed by atoms with Crippen molar-refractivity contribution in [3.8, 4) is 17.0 Å². The van der Waals surface area contributed by atoms with Gasteiger partial charge in [0.25, 0.3) is 5.56 Å². The first-order chi connectivity index (χ1) is 9.66. The largest absolute Gasteiger partial charge is 0.493 e. The molecule has 1 aliphatic rings. The monoisotopic (exact) mass is 336 g/mol. The van der Waals surface area contributed by atoms with Crippen LogP contribution in [0.15, 0.2) is 33.5 Å². The van der Waals surface area contributed by atoms with Gasteiger partial charge in [-0.1, -0.05) is 34.1 Å². The van der Waals surface area contributed by atoms with Gasteiger partial charge in [0.2, 0.25) is 5.88 Å². The van der Waals surface area contributed by atoms with Crippen LogP contribution in [-0.4, -0.2) is 21.7 Å². The Morgan fingerprint density at radius 3 is 2.85 bits per heavy atom. The molecule has 0 aliphatic carbocycles. The minimum atomic E-state index is -0.366. The van der Waals surface area contributed by atoms with E-state index in [1.54, 1.807) is 12.1 Å². The van der Waals surface area contributed by atoms with Crippen LogP contribution >= 0.6 is 15.9 Å². The van der Waals surface area contributed by atoms with Crippen molar-refractivity contribution in [1.29, 1.82) is 0 Å². The van der Waals surface area contributed by atoms with E-state index in [1.807, 2.05) is 12.1 Å². The lowest BCUT2D eigenvalue weighted by Gasteiger charge is -2.11. The summed E-state index contributed by atoms with van der Waals surface area (Å²) < 4.78 is 6.19. The first-order valence-corrected chi connectivity index (χ1v) is 7.16. The summed E-state index contributed by atoms with van der Waals surface area (Å²) in [6.07, 6.45) is 1.50. The molecule has 104 valence electrons. The zero-order valence-electron chi connectivity index (χ0n) is 10.6. The summed E-state index contributed by atoms with van der Waals surface area (Å²) in [7, 11) is 0. The van der Waals surface area contributed by atoms with Crippen molar-refractivity contribution < 1.29 is 9.84 Å². The molecule has 0 radical (unpaired) electrons. The van der Waals surface area contributed by atoms with Crippen LogP contribution in [0.5, 0.6) is 5.88 Å². The number of aromatic nitrogens is 2. The summed E-state index contributed by atoms with van der Waals surface area (Å²) in [5, 5.41) is 10.1. The van der Waals surface area contributed by atoms with Crippen LogP contribution in [0, 0.1) is 0 Å². The van der Waals surface area contributed by atoms with E-state index in [4.69, 9.17) is 4.74 Å². The lowest BCUT2D eigenvalue weighted by atomic mass is 10.1. The summed E-state index contributed by atoms with van der Waals surface area (Å²) in [4.78, 5) is 19.0. The highest BCUT2D eigenvalue weighted by Gasteiger charge is 2.23. The standard InChI is InChI=1S/C14H13BrN2O3/c15-9-5-2-1-4-8(9)11-13(18)16-12(17-14(11)19)10-6-3-7-20-10/h1-2,4-5,10H,3,6-7H2,(H2,16,17,18,19). The zero-order valence-corrected chi connectivity index (χ0v) is 12.2. The third-order valence-electron chi connectivity index (χ3n) is 3.30. The van der Waals surface area contributed by atoms with E-state index in [2.05, 4.69) is 25.9 Å². The van der Waals surface area contributed by atoms with Crippen LogP contribution in [0.2, 0.25) is 0 Å². The molecule has 6 heteroatoms. The zero-order chi connectivity index (χ0) is 14.1. The molecule has 1 fully saturated rings. The molecule has 5 nitrogen and oxygen atoms in total. The number of aromatic amines is 1. The van der Waals surface area contributed by atoms with Gasteiger partial charge < -0.3 is 14.8 Å². The molecule has 2 N–H and O–H groups in total. The number of nitrogens with one attached hydrogen (secondary N) is 1. The van der Waals surface area contributed by atoms with Gasteiger partial charge >= 0.3 is 0 Å². The normalized spacial score (nSPS) is 18.4. The van der Waals surface area contributed by atoms with Gasteiger partial charge in [0.05, 0.1) is 0 Å². The lowest BCUT2D eigenvalue weighted by molar-refractivity contribution is 0.104. The Hall–Kier alpha value is -1.66. The first-order valence-electron chi connectivity index (χ1n) is 6.36. The molecule has 1 atom stereocenters. The number of hydrogen-bond donors (Lipinski definition) is 2. The van der Waals surface area contributed by atoms with Gasteiger partial charge in [0.15, 0.2) is 0 Å². The van der Waals surface area contributed by atoms with Gasteiger partial charge in [0, 0.05) is 16.6 Å². The summed E-state index contributed by atoms with van der Waals surface area (Å²) in [5.41, 5.74) is 0.409. The highest BCUT2D eigenvalue weighted by molar-refractivity contribution is 9.10. The Morgan fingerprint density at radius 2 is 2.20 bits per heavy atom. The molecule has 0 bridgehead atoms. The van der Waals surface area contributed by atoms with Crippen molar-refractivity contribution in [3.63, 3.8) is 0 Å². The van der Waals surface area contributed by atoms with Gasteiger partial charge in [0.1, 0.15) is 17.5 Å². The quantitative estimate of drug-likeness (QED) is 0.884. The number of halogens is 1. The second kappa shape index (κ2) is 5.38. The average molecular weight is 337 g/mol.